The van der Waals surface area contributed by atoms with E-state index in [1.54, 1.807) is 19.1 Å². The predicted molar refractivity (Wildman–Crippen MR) is 97.9 cm³/mol. The Labute approximate surface area is 153 Å². The van der Waals surface area contributed by atoms with Crippen molar-refractivity contribution < 1.29 is 13.6 Å². The number of benzene rings is 2. The molecule has 0 atom stereocenters. The Bertz CT molecular complexity index is 1050. The van der Waals surface area contributed by atoms with E-state index in [0.717, 1.165) is 4.57 Å². The van der Waals surface area contributed by atoms with Crippen LogP contribution in [0.1, 0.15) is 5.69 Å². The third-order valence-corrected chi connectivity index (χ3v) is 3.67. The van der Waals surface area contributed by atoms with Crippen LogP contribution in [0.4, 0.5) is 26.1 Å². The molecule has 1 heterocycles. The molecule has 1 amide bonds. The molecule has 0 saturated carbocycles. The van der Waals surface area contributed by atoms with E-state index in [2.05, 4.69) is 15.6 Å². The zero-order chi connectivity index (χ0) is 19.4. The zero-order valence-corrected chi connectivity index (χ0v) is 14.4. The molecule has 8 heteroatoms. The molecule has 0 aliphatic heterocycles. The molecule has 2 aromatic carbocycles. The number of amides is 1. The lowest BCUT2D eigenvalue weighted by Gasteiger charge is -2.14. The average Bonchev–Trinajstić information content (AvgIpc) is 2.60. The maximum atomic E-state index is 13.7. The van der Waals surface area contributed by atoms with Crippen molar-refractivity contribution in [3.05, 3.63) is 82.3 Å². The number of aryl methyl sites for hydroxylation is 1. The number of rotatable bonds is 5. The Morgan fingerprint density at radius 2 is 1.89 bits per heavy atom. The number of nitrogens with zero attached hydrogens (tertiary/aromatic N) is 2. The Morgan fingerprint density at radius 3 is 2.63 bits per heavy atom. The fourth-order valence-corrected chi connectivity index (χ4v) is 2.46. The second kappa shape index (κ2) is 7.77. The van der Waals surface area contributed by atoms with Gasteiger partial charge in [-0.3, -0.25) is 14.2 Å². The number of hydrogen-bond acceptors (Lipinski definition) is 4. The summed E-state index contributed by atoms with van der Waals surface area (Å²) in [4.78, 5) is 28.8. The lowest BCUT2D eigenvalue weighted by Crippen LogP contribution is -2.30. The average molecular weight is 370 g/mol. The molecule has 0 spiro atoms. The summed E-state index contributed by atoms with van der Waals surface area (Å²) in [5, 5.41) is 5.24. The zero-order valence-electron chi connectivity index (χ0n) is 14.4. The normalized spacial score (nSPS) is 10.5. The van der Waals surface area contributed by atoms with E-state index in [4.69, 9.17) is 0 Å². The lowest BCUT2D eigenvalue weighted by atomic mass is 10.3. The van der Waals surface area contributed by atoms with Crippen molar-refractivity contribution in [2.45, 2.75) is 13.5 Å². The molecule has 138 valence electrons. The summed E-state index contributed by atoms with van der Waals surface area (Å²) in [6.07, 6.45) is 0. The van der Waals surface area contributed by atoms with Crippen molar-refractivity contribution in [1.82, 2.24) is 9.55 Å². The Kier molecular flexibility index (Phi) is 5.25. The van der Waals surface area contributed by atoms with Crippen LogP contribution < -0.4 is 16.2 Å². The SMILES string of the molecule is Cc1cc(=O)n(CC(=O)Nc2ccccc2F)c(Nc2cccc(F)c2)n1. The van der Waals surface area contributed by atoms with Crippen LogP contribution in [0.25, 0.3) is 0 Å². The highest BCUT2D eigenvalue weighted by atomic mass is 19.1. The summed E-state index contributed by atoms with van der Waals surface area (Å²) in [7, 11) is 0. The topological polar surface area (TPSA) is 76.0 Å². The maximum Gasteiger partial charge on any atom is 0.255 e. The van der Waals surface area contributed by atoms with Gasteiger partial charge in [-0.25, -0.2) is 13.8 Å². The van der Waals surface area contributed by atoms with Crippen molar-refractivity contribution in [3.8, 4) is 0 Å². The first-order valence-electron chi connectivity index (χ1n) is 8.08. The first-order chi connectivity index (χ1) is 12.9. The standard InChI is InChI=1S/C19H16F2N4O2/c1-12-9-18(27)25(11-17(26)24-16-8-3-2-7-15(16)21)19(22-12)23-14-6-4-5-13(20)10-14/h2-10H,11H2,1H3,(H,22,23)(H,24,26). The van der Waals surface area contributed by atoms with Gasteiger partial charge in [-0.15, -0.1) is 0 Å². The van der Waals surface area contributed by atoms with E-state index < -0.39 is 29.6 Å². The molecule has 3 aromatic rings. The number of nitrogens with one attached hydrogen (secondary N) is 2. The number of halogens is 2. The third kappa shape index (κ3) is 4.55. The fourth-order valence-electron chi connectivity index (χ4n) is 2.46. The van der Waals surface area contributed by atoms with E-state index in [-0.39, 0.29) is 11.6 Å². The molecular formula is C19H16F2N4O2. The van der Waals surface area contributed by atoms with Crippen molar-refractivity contribution in [1.29, 1.82) is 0 Å². The van der Waals surface area contributed by atoms with Crippen molar-refractivity contribution in [2.24, 2.45) is 0 Å². The van der Waals surface area contributed by atoms with Crippen molar-refractivity contribution >= 4 is 23.2 Å². The minimum absolute atomic E-state index is 0.00950. The van der Waals surface area contributed by atoms with Crippen molar-refractivity contribution in [2.75, 3.05) is 10.6 Å². The second-order valence-electron chi connectivity index (χ2n) is 5.81. The molecule has 0 bridgehead atoms. The van der Waals surface area contributed by atoms with Crippen LogP contribution in [0, 0.1) is 18.6 Å². The second-order valence-corrected chi connectivity index (χ2v) is 5.81. The van der Waals surface area contributed by atoms with Crippen LogP contribution in [-0.2, 0) is 11.3 Å². The number of carbonyl (C=O) groups is 1. The van der Waals surface area contributed by atoms with E-state index in [9.17, 15) is 18.4 Å². The fraction of sp³-hybridized carbons (Fsp3) is 0.105. The van der Waals surface area contributed by atoms with Gasteiger partial charge in [0.05, 0.1) is 5.69 Å². The molecule has 0 aliphatic carbocycles. The van der Waals surface area contributed by atoms with E-state index in [1.807, 2.05) is 0 Å². The summed E-state index contributed by atoms with van der Waals surface area (Å²) in [6, 6.07) is 12.6. The molecule has 0 saturated heterocycles. The van der Waals surface area contributed by atoms with E-state index in [1.165, 1.54) is 42.5 Å². The van der Waals surface area contributed by atoms with Gasteiger partial charge in [-0.05, 0) is 37.3 Å². The molecular weight excluding hydrogens is 354 g/mol. The van der Waals surface area contributed by atoms with Crippen LogP contribution in [0.5, 0.6) is 0 Å². The Balaban J connectivity index is 1.87. The van der Waals surface area contributed by atoms with E-state index >= 15 is 0 Å². The smallest absolute Gasteiger partial charge is 0.255 e. The summed E-state index contributed by atoms with van der Waals surface area (Å²) < 4.78 is 28.2. The van der Waals surface area contributed by atoms with Crippen LogP contribution >= 0.6 is 0 Å². The van der Waals surface area contributed by atoms with Crippen molar-refractivity contribution in [3.63, 3.8) is 0 Å². The first-order valence-corrected chi connectivity index (χ1v) is 8.08. The number of hydrogen-bond donors (Lipinski definition) is 2. The number of carbonyl (C=O) groups excluding carboxylic acids is 1. The van der Waals surface area contributed by atoms with Crippen LogP contribution in [0.3, 0.4) is 0 Å². The van der Waals surface area contributed by atoms with E-state index in [0.29, 0.717) is 11.4 Å². The van der Waals surface area contributed by atoms with Gasteiger partial charge in [0.2, 0.25) is 11.9 Å². The summed E-state index contributed by atoms with van der Waals surface area (Å²) >= 11 is 0. The molecule has 0 unspecified atom stereocenters. The van der Waals surface area contributed by atoms with Crippen LogP contribution in [0.2, 0.25) is 0 Å². The minimum Gasteiger partial charge on any atom is -0.325 e. The molecule has 2 N–H and O–H groups in total. The molecule has 3 rings (SSSR count). The predicted octanol–water partition coefficient (Wildman–Crippen LogP) is 3.21. The van der Waals surface area contributed by atoms with Gasteiger partial charge in [0.25, 0.3) is 5.56 Å². The molecule has 27 heavy (non-hydrogen) atoms. The monoisotopic (exact) mass is 370 g/mol. The number of aromatic nitrogens is 2. The molecule has 6 nitrogen and oxygen atoms in total. The summed E-state index contributed by atoms with van der Waals surface area (Å²) in [6.45, 7) is 1.24. The largest absolute Gasteiger partial charge is 0.325 e. The van der Waals surface area contributed by atoms with Gasteiger partial charge < -0.3 is 10.6 Å². The molecule has 1 aromatic heterocycles. The molecule has 0 fully saturated rings. The summed E-state index contributed by atoms with van der Waals surface area (Å²) in [5.41, 5.74) is 0.348. The minimum atomic E-state index is -0.602. The van der Waals surface area contributed by atoms with Gasteiger partial charge in [-0.1, -0.05) is 18.2 Å². The van der Waals surface area contributed by atoms with Crippen LogP contribution in [0.15, 0.2) is 59.4 Å². The molecule has 0 radical (unpaired) electrons. The van der Waals surface area contributed by atoms with Gasteiger partial charge in [-0.2, -0.15) is 0 Å². The maximum absolute atomic E-state index is 13.7. The Morgan fingerprint density at radius 1 is 1.11 bits per heavy atom. The van der Waals surface area contributed by atoms with Crippen LogP contribution in [-0.4, -0.2) is 15.5 Å². The first kappa shape index (κ1) is 18.2. The third-order valence-electron chi connectivity index (χ3n) is 3.67. The lowest BCUT2D eigenvalue weighted by molar-refractivity contribution is -0.116. The van der Waals surface area contributed by atoms with Gasteiger partial charge in [0, 0.05) is 17.4 Å². The van der Waals surface area contributed by atoms with Gasteiger partial charge >= 0.3 is 0 Å². The van der Waals surface area contributed by atoms with Gasteiger partial charge in [0.15, 0.2) is 0 Å². The van der Waals surface area contributed by atoms with Gasteiger partial charge in [0.1, 0.15) is 18.2 Å². The number of para-hydroxylation sites is 1. The highest BCUT2D eigenvalue weighted by Gasteiger charge is 2.13. The highest BCUT2D eigenvalue weighted by molar-refractivity contribution is 5.90. The number of anilines is 3. The summed E-state index contributed by atoms with van der Waals surface area (Å²) in [5.74, 6) is -1.57. The highest BCUT2D eigenvalue weighted by Crippen LogP contribution is 2.16. The Hall–Kier alpha value is -3.55. The quantitative estimate of drug-likeness (QED) is 0.723. The molecule has 0 aliphatic rings.